The maximum Gasteiger partial charge on any atom is 0.213 e. The Labute approximate surface area is 154 Å². The van der Waals surface area contributed by atoms with Crippen molar-refractivity contribution >= 4 is 34.7 Å². The summed E-state index contributed by atoms with van der Waals surface area (Å²) >= 11 is 0.941. The van der Waals surface area contributed by atoms with Gasteiger partial charge in [-0.15, -0.1) is 5.10 Å². The molecule has 0 unspecified atom stereocenters. The fraction of sp³-hybridized carbons (Fsp3) is 0.222. The van der Waals surface area contributed by atoms with Gasteiger partial charge in [0.1, 0.15) is 12.4 Å². The zero-order valence-corrected chi connectivity index (χ0v) is 14.9. The molecule has 2 aromatic heterocycles. The molecule has 8 heteroatoms. The van der Waals surface area contributed by atoms with Gasteiger partial charge in [0, 0.05) is 34.0 Å². The van der Waals surface area contributed by atoms with Crippen LogP contribution in [-0.2, 0) is 17.8 Å². The van der Waals surface area contributed by atoms with Crippen molar-refractivity contribution in [3.63, 3.8) is 0 Å². The first kappa shape index (κ1) is 17.8. The van der Waals surface area contributed by atoms with Crippen molar-refractivity contribution in [2.24, 2.45) is 0 Å². The van der Waals surface area contributed by atoms with E-state index in [2.05, 4.69) is 21.3 Å². The molecule has 132 valence electrons. The number of aliphatic carboxylic acids is 1. The fourth-order valence-corrected chi connectivity index (χ4v) is 3.35. The number of carboxylic acids is 1. The van der Waals surface area contributed by atoms with E-state index in [1.165, 1.54) is 6.08 Å². The molecule has 0 bridgehead atoms. The Morgan fingerprint density at radius 1 is 1.46 bits per heavy atom. The van der Waals surface area contributed by atoms with E-state index in [0.717, 1.165) is 41.3 Å². The zero-order chi connectivity index (χ0) is 18.5. The Bertz CT molecular complexity index is 1010. The van der Waals surface area contributed by atoms with Gasteiger partial charge in [0.25, 0.3) is 0 Å². The van der Waals surface area contributed by atoms with Crippen LogP contribution in [-0.4, -0.2) is 25.7 Å². The first-order valence-electron chi connectivity index (χ1n) is 8.09. The lowest BCUT2D eigenvalue weighted by Crippen LogP contribution is -2.23. The van der Waals surface area contributed by atoms with Crippen LogP contribution < -0.4 is 5.11 Å². The average molecular weight is 366 g/mol. The van der Waals surface area contributed by atoms with Gasteiger partial charge in [-0.05, 0) is 30.3 Å². The van der Waals surface area contributed by atoms with Gasteiger partial charge in [-0.3, -0.25) is 5.10 Å². The molecule has 0 saturated heterocycles. The normalized spacial score (nSPS) is 11.6. The Balaban J connectivity index is 1.97. The van der Waals surface area contributed by atoms with Crippen LogP contribution in [0.5, 0.6) is 0 Å². The molecule has 2 heterocycles. The van der Waals surface area contributed by atoms with Gasteiger partial charge in [0.05, 0.1) is 12.0 Å². The number of nitrogens with zero attached hydrogens (tertiary/aromatic N) is 4. The van der Waals surface area contributed by atoms with Crippen LogP contribution >= 0.6 is 11.8 Å². The largest absolute Gasteiger partial charge is 0.544 e. The van der Waals surface area contributed by atoms with Crippen molar-refractivity contribution in [1.29, 1.82) is 5.26 Å². The summed E-state index contributed by atoms with van der Waals surface area (Å²) in [5, 5.41) is 28.6. The first-order valence-corrected chi connectivity index (χ1v) is 8.91. The Morgan fingerprint density at radius 2 is 2.27 bits per heavy atom. The molecule has 1 N–H and O–H groups in total. The molecule has 0 saturated carbocycles. The van der Waals surface area contributed by atoms with Gasteiger partial charge in [-0.2, -0.15) is 5.26 Å². The standard InChI is InChI=1S/C18H17N5O2S/c1-2-5-16-20-18(22-21-16)26-15(17(24)25)10-12-11-23(9-8-19)14-7-4-3-6-13(12)14/h3-4,6-7,10-11H,2,5,9H2,1H3,(H,24,25)(H,20,21,22)/p-1/b15-10+. The third-order valence-electron chi connectivity index (χ3n) is 3.75. The lowest BCUT2D eigenvalue weighted by molar-refractivity contribution is -0.297. The Hall–Kier alpha value is -3.05. The van der Waals surface area contributed by atoms with Gasteiger partial charge in [0.2, 0.25) is 5.16 Å². The van der Waals surface area contributed by atoms with Gasteiger partial charge in [-0.1, -0.05) is 25.1 Å². The molecule has 0 aliphatic rings. The van der Waals surface area contributed by atoms with Gasteiger partial charge in [0.15, 0.2) is 0 Å². The van der Waals surface area contributed by atoms with Gasteiger partial charge >= 0.3 is 0 Å². The van der Waals surface area contributed by atoms with Crippen molar-refractivity contribution in [3.05, 3.63) is 46.8 Å². The van der Waals surface area contributed by atoms with E-state index in [9.17, 15) is 9.90 Å². The summed E-state index contributed by atoms with van der Waals surface area (Å²) in [6.07, 6.45) is 4.96. The number of benzene rings is 1. The third kappa shape index (κ3) is 3.78. The van der Waals surface area contributed by atoms with E-state index < -0.39 is 5.97 Å². The number of aromatic nitrogens is 4. The van der Waals surface area contributed by atoms with Gasteiger partial charge < -0.3 is 14.5 Å². The Morgan fingerprint density at radius 3 is 3.00 bits per heavy atom. The summed E-state index contributed by atoms with van der Waals surface area (Å²) in [7, 11) is 0. The lowest BCUT2D eigenvalue weighted by Gasteiger charge is -2.05. The number of hydrogen-bond acceptors (Lipinski definition) is 6. The minimum absolute atomic E-state index is 0.00640. The van der Waals surface area contributed by atoms with E-state index in [0.29, 0.717) is 10.7 Å². The highest BCUT2D eigenvalue weighted by Gasteiger charge is 2.11. The molecular formula is C18H16N5O2S-. The number of carbonyl (C=O) groups is 1. The molecule has 0 radical (unpaired) electrons. The molecule has 3 aromatic rings. The summed E-state index contributed by atoms with van der Waals surface area (Å²) in [6.45, 7) is 2.21. The molecular weight excluding hydrogens is 350 g/mol. The maximum atomic E-state index is 11.6. The lowest BCUT2D eigenvalue weighted by atomic mass is 10.1. The Kier molecular flexibility index (Phi) is 5.39. The SMILES string of the molecule is CCCc1nc(S/C(=C/c2cn(CC#N)c3ccccc23)C(=O)[O-])n[nH]1. The number of carbonyl (C=O) groups excluding carboxylic acids is 1. The minimum Gasteiger partial charge on any atom is -0.544 e. The smallest absolute Gasteiger partial charge is 0.213 e. The average Bonchev–Trinajstić information content (AvgIpc) is 3.20. The molecule has 0 aliphatic carbocycles. The number of aromatic amines is 1. The third-order valence-corrected chi connectivity index (χ3v) is 4.62. The van der Waals surface area contributed by atoms with Gasteiger partial charge in [-0.25, -0.2) is 4.98 Å². The summed E-state index contributed by atoms with van der Waals surface area (Å²) in [5.41, 5.74) is 1.57. The highest BCUT2D eigenvalue weighted by atomic mass is 32.2. The molecule has 7 nitrogen and oxygen atoms in total. The summed E-state index contributed by atoms with van der Waals surface area (Å²) in [4.78, 5) is 15.9. The molecule has 0 spiro atoms. The van der Waals surface area contributed by atoms with Crippen molar-refractivity contribution in [2.75, 3.05) is 0 Å². The number of rotatable bonds is 7. The van der Waals surface area contributed by atoms with Crippen LogP contribution in [0.15, 0.2) is 40.5 Å². The number of aryl methyl sites for hydroxylation is 1. The molecule has 0 amide bonds. The fourth-order valence-electron chi connectivity index (χ4n) is 2.64. The van der Waals surface area contributed by atoms with Crippen molar-refractivity contribution in [1.82, 2.24) is 19.7 Å². The second-order valence-electron chi connectivity index (χ2n) is 5.60. The predicted molar refractivity (Wildman–Crippen MR) is 96.8 cm³/mol. The molecule has 0 fully saturated rings. The molecule has 3 rings (SSSR count). The van der Waals surface area contributed by atoms with Crippen LogP contribution in [0.1, 0.15) is 24.7 Å². The van der Waals surface area contributed by atoms with E-state index in [1.54, 1.807) is 10.8 Å². The number of fused-ring (bicyclic) bond motifs is 1. The van der Waals surface area contributed by atoms with Crippen LogP contribution in [0.3, 0.4) is 0 Å². The summed E-state index contributed by atoms with van der Waals surface area (Å²) in [5.74, 6) is -0.577. The molecule has 1 aromatic carbocycles. The highest BCUT2D eigenvalue weighted by molar-refractivity contribution is 8.04. The molecule has 0 aliphatic heterocycles. The summed E-state index contributed by atoms with van der Waals surface area (Å²) < 4.78 is 1.78. The number of hydrogen-bond donors (Lipinski definition) is 1. The van der Waals surface area contributed by atoms with Crippen LogP contribution in [0, 0.1) is 11.3 Å². The van der Waals surface area contributed by atoms with Crippen LogP contribution in [0.4, 0.5) is 0 Å². The number of nitrogens with one attached hydrogen (secondary N) is 1. The maximum absolute atomic E-state index is 11.6. The molecule has 0 atom stereocenters. The van der Waals surface area contributed by atoms with Crippen molar-refractivity contribution in [3.8, 4) is 6.07 Å². The second kappa shape index (κ2) is 7.89. The van der Waals surface area contributed by atoms with Crippen molar-refractivity contribution < 1.29 is 9.90 Å². The highest BCUT2D eigenvalue weighted by Crippen LogP contribution is 2.29. The summed E-state index contributed by atoms with van der Waals surface area (Å²) in [6, 6.07) is 9.63. The zero-order valence-electron chi connectivity index (χ0n) is 14.1. The van der Waals surface area contributed by atoms with Crippen molar-refractivity contribution in [2.45, 2.75) is 31.5 Å². The number of carboxylic acid groups (broad SMARTS) is 1. The topological polar surface area (TPSA) is 110 Å². The number of thioether (sulfide) groups is 1. The monoisotopic (exact) mass is 366 g/mol. The van der Waals surface area contributed by atoms with E-state index >= 15 is 0 Å². The van der Waals surface area contributed by atoms with E-state index in [-0.39, 0.29) is 11.4 Å². The minimum atomic E-state index is -1.30. The molecule has 26 heavy (non-hydrogen) atoms. The van der Waals surface area contributed by atoms with Crippen LogP contribution in [0.25, 0.3) is 17.0 Å². The number of H-pyrrole nitrogens is 1. The first-order chi connectivity index (χ1) is 12.6. The quantitative estimate of drug-likeness (QED) is 0.506. The number of para-hydroxylation sites is 1. The van der Waals surface area contributed by atoms with E-state index in [4.69, 9.17) is 5.26 Å². The number of nitriles is 1. The van der Waals surface area contributed by atoms with Crippen LogP contribution in [0.2, 0.25) is 0 Å². The van der Waals surface area contributed by atoms with E-state index in [1.807, 2.05) is 31.2 Å². The second-order valence-corrected chi connectivity index (χ2v) is 6.61. The predicted octanol–water partition coefficient (Wildman–Crippen LogP) is 2.12.